The molecule has 15 heavy (non-hydrogen) atoms. The molecular formula is C13H16O2. The first-order valence-electron chi connectivity index (χ1n) is 5.43. The summed E-state index contributed by atoms with van der Waals surface area (Å²) in [7, 11) is 0. The number of carboxylic acids is 1. The Kier molecular flexibility index (Phi) is 2.51. The van der Waals surface area contributed by atoms with E-state index in [0.717, 1.165) is 30.4 Å². The monoisotopic (exact) mass is 204 g/mol. The Hall–Kier alpha value is -1.31. The van der Waals surface area contributed by atoms with Gasteiger partial charge in [0, 0.05) is 0 Å². The lowest BCUT2D eigenvalue weighted by Crippen LogP contribution is -2.20. The van der Waals surface area contributed by atoms with E-state index in [-0.39, 0.29) is 5.92 Å². The van der Waals surface area contributed by atoms with Crippen molar-refractivity contribution in [3.8, 4) is 0 Å². The van der Waals surface area contributed by atoms with Crippen molar-refractivity contribution in [2.24, 2.45) is 0 Å². The lowest BCUT2D eigenvalue weighted by molar-refractivity contribution is -0.139. The molecule has 1 aromatic carbocycles. The molecule has 1 aliphatic rings. The van der Waals surface area contributed by atoms with Crippen molar-refractivity contribution in [2.45, 2.75) is 39.0 Å². The lowest BCUT2D eigenvalue weighted by Gasteiger charge is -2.25. The zero-order chi connectivity index (χ0) is 11.0. The maximum absolute atomic E-state index is 11.2. The minimum atomic E-state index is -0.676. The van der Waals surface area contributed by atoms with Crippen LogP contribution in [0, 0.1) is 13.8 Å². The molecule has 0 aliphatic heterocycles. The van der Waals surface area contributed by atoms with E-state index in [0.29, 0.717) is 0 Å². The van der Waals surface area contributed by atoms with Crippen LogP contribution in [-0.4, -0.2) is 11.1 Å². The van der Waals surface area contributed by atoms with Crippen molar-refractivity contribution in [1.82, 2.24) is 0 Å². The third-order valence-electron chi connectivity index (χ3n) is 3.38. The molecule has 80 valence electrons. The van der Waals surface area contributed by atoms with Crippen LogP contribution in [0.2, 0.25) is 0 Å². The van der Waals surface area contributed by atoms with Crippen molar-refractivity contribution < 1.29 is 9.90 Å². The molecule has 1 aliphatic carbocycles. The Morgan fingerprint density at radius 3 is 2.67 bits per heavy atom. The van der Waals surface area contributed by atoms with E-state index in [1.165, 1.54) is 11.1 Å². The summed E-state index contributed by atoms with van der Waals surface area (Å²) < 4.78 is 0. The number of carbonyl (C=O) groups is 1. The van der Waals surface area contributed by atoms with E-state index >= 15 is 0 Å². The predicted octanol–water partition coefficient (Wildman–Crippen LogP) is 2.81. The summed E-state index contributed by atoms with van der Waals surface area (Å²) in [5.74, 6) is -0.960. The summed E-state index contributed by atoms with van der Waals surface area (Å²) in [6.45, 7) is 4.09. The van der Waals surface area contributed by atoms with Crippen LogP contribution < -0.4 is 0 Å². The second-order valence-electron chi connectivity index (χ2n) is 4.37. The van der Waals surface area contributed by atoms with Crippen LogP contribution >= 0.6 is 0 Å². The molecule has 0 spiro atoms. The van der Waals surface area contributed by atoms with Gasteiger partial charge in [0.25, 0.3) is 0 Å². The van der Waals surface area contributed by atoms with Crippen molar-refractivity contribution >= 4 is 5.97 Å². The van der Waals surface area contributed by atoms with Gasteiger partial charge in [0.05, 0.1) is 5.92 Å². The Balaban J connectivity index is 2.59. The summed E-state index contributed by atoms with van der Waals surface area (Å²) in [5, 5.41) is 9.20. The number of fused-ring (bicyclic) bond motifs is 1. The second-order valence-corrected chi connectivity index (χ2v) is 4.37. The molecule has 1 atom stereocenters. The third kappa shape index (κ3) is 1.65. The number of aliphatic carboxylic acids is 1. The van der Waals surface area contributed by atoms with Crippen molar-refractivity contribution in [2.75, 3.05) is 0 Å². The molecule has 2 heteroatoms. The van der Waals surface area contributed by atoms with E-state index in [9.17, 15) is 9.90 Å². The number of carboxylic acid groups (broad SMARTS) is 1. The fourth-order valence-electron chi connectivity index (χ4n) is 2.58. The van der Waals surface area contributed by atoms with Crippen molar-refractivity contribution in [1.29, 1.82) is 0 Å². The predicted molar refractivity (Wildman–Crippen MR) is 59.2 cm³/mol. The summed E-state index contributed by atoms with van der Waals surface area (Å²) >= 11 is 0. The molecular weight excluding hydrogens is 188 g/mol. The molecule has 0 saturated carbocycles. The zero-order valence-electron chi connectivity index (χ0n) is 9.21. The smallest absolute Gasteiger partial charge is 0.310 e. The van der Waals surface area contributed by atoms with Crippen LogP contribution in [0.15, 0.2) is 12.1 Å². The molecule has 1 N–H and O–H groups in total. The minimum Gasteiger partial charge on any atom is -0.481 e. The number of rotatable bonds is 1. The summed E-state index contributed by atoms with van der Waals surface area (Å²) in [4.78, 5) is 11.2. The lowest BCUT2D eigenvalue weighted by atomic mass is 9.79. The van der Waals surface area contributed by atoms with E-state index in [4.69, 9.17) is 0 Å². The van der Waals surface area contributed by atoms with Gasteiger partial charge in [-0.2, -0.15) is 0 Å². The highest BCUT2D eigenvalue weighted by molar-refractivity contribution is 5.78. The SMILES string of the molecule is Cc1ccc(C)c2c1CCCC2C(=O)O. The quantitative estimate of drug-likeness (QED) is 0.763. The van der Waals surface area contributed by atoms with Gasteiger partial charge >= 0.3 is 5.97 Å². The molecule has 0 fully saturated rings. The van der Waals surface area contributed by atoms with Gasteiger partial charge in [-0.25, -0.2) is 0 Å². The van der Waals surface area contributed by atoms with Crippen LogP contribution in [0.1, 0.15) is 41.0 Å². The van der Waals surface area contributed by atoms with Gasteiger partial charge in [0.2, 0.25) is 0 Å². The van der Waals surface area contributed by atoms with Gasteiger partial charge < -0.3 is 5.11 Å². The Labute approximate surface area is 89.9 Å². The van der Waals surface area contributed by atoms with Gasteiger partial charge in [0.15, 0.2) is 0 Å². The first kappa shape index (κ1) is 10.2. The normalized spacial score (nSPS) is 19.7. The Morgan fingerprint density at radius 1 is 1.33 bits per heavy atom. The van der Waals surface area contributed by atoms with Crippen LogP contribution in [-0.2, 0) is 11.2 Å². The van der Waals surface area contributed by atoms with Crippen LogP contribution in [0.25, 0.3) is 0 Å². The number of aryl methyl sites for hydroxylation is 2. The van der Waals surface area contributed by atoms with E-state index in [2.05, 4.69) is 13.0 Å². The topological polar surface area (TPSA) is 37.3 Å². The Morgan fingerprint density at radius 2 is 2.00 bits per heavy atom. The van der Waals surface area contributed by atoms with Gasteiger partial charge in [-0.05, 0) is 55.4 Å². The third-order valence-corrected chi connectivity index (χ3v) is 3.38. The molecule has 0 bridgehead atoms. The van der Waals surface area contributed by atoms with Gasteiger partial charge in [-0.1, -0.05) is 12.1 Å². The maximum atomic E-state index is 11.2. The number of hydrogen-bond donors (Lipinski definition) is 1. The van der Waals surface area contributed by atoms with E-state index in [1.54, 1.807) is 0 Å². The molecule has 1 aromatic rings. The fourth-order valence-corrected chi connectivity index (χ4v) is 2.58. The molecule has 1 unspecified atom stereocenters. The van der Waals surface area contributed by atoms with E-state index < -0.39 is 5.97 Å². The van der Waals surface area contributed by atoms with Crippen molar-refractivity contribution in [3.63, 3.8) is 0 Å². The summed E-state index contributed by atoms with van der Waals surface area (Å²) in [6.07, 6.45) is 2.81. The van der Waals surface area contributed by atoms with Gasteiger partial charge in [0.1, 0.15) is 0 Å². The first-order chi connectivity index (χ1) is 7.11. The molecule has 0 amide bonds. The van der Waals surface area contributed by atoms with E-state index in [1.807, 2.05) is 13.0 Å². The highest BCUT2D eigenvalue weighted by atomic mass is 16.4. The van der Waals surface area contributed by atoms with Gasteiger partial charge in [-0.3, -0.25) is 4.79 Å². The largest absolute Gasteiger partial charge is 0.481 e. The van der Waals surface area contributed by atoms with Gasteiger partial charge in [-0.15, -0.1) is 0 Å². The summed E-state index contributed by atoms with van der Waals surface area (Å²) in [5.41, 5.74) is 4.71. The molecule has 0 heterocycles. The molecule has 0 aromatic heterocycles. The van der Waals surface area contributed by atoms with Crippen LogP contribution in [0.3, 0.4) is 0 Å². The first-order valence-corrected chi connectivity index (χ1v) is 5.43. The fraction of sp³-hybridized carbons (Fsp3) is 0.462. The summed E-state index contributed by atoms with van der Waals surface area (Å²) in [6, 6.07) is 4.13. The highest BCUT2D eigenvalue weighted by Gasteiger charge is 2.28. The maximum Gasteiger partial charge on any atom is 0.310 e. The molecule has 0 saturated heterocycles. The average molecular weight is 204 g/mol. The molecule has 2 nitrogen and oxygen atoms in total. The molecule has 2 rings (SSSR count). The standard InChI is InChI=1S/C13H16O2/c1-8-6-7-9(2)12-10(8)4-3-5-11(12)13(14)15/h6-7,11H,3-5H2,1-2H3,(H,14,15). The zero-order valence-corrected chi connectivity index (χ0v) is 9.21. The minimum absolute atomic E-state index is 0.284. The number of hydrogen-bond acceptors (Lipinski definition) is 1. The van der Waals surface area contributed by atoms with Crippen LogP contribution in [0.5, 0.6) is 0 Å². The average Bonchev–Trinajstić information content (AvgIpc) is 2.23. The number of benzene rings is 1. The Bertz CT molecular complexity index is 407. The van der Waals surface area contributed by atoms with Crippen LogP contribution in [0.4, 0.5) is 0 Å². The molecule has 0 radical (unpaired) electrons. The second kappa shape index (κ2) is 3.69. The highest BCUT2D eigenvalue weighted by Crippen LogP contribution is 2.35. The van der Waals surface area contributed by atoms with Crippen molar-refractivity contribution in [3.05, 3.63) is 34.4 Å².